The molecule has 0 amide bonds. The number of rotatable bonds is 5. The number of sulfonamides is 1. The van der Waals surface area contributed by atoms with E-state index >= 15 is 0 Å². The highest BCUT2D eigenvalue weighted by atomic mass is 32.2. The maximum Gasteiger partial charge on any atom is 0.236 e. The molecular formula is C15H15N5O2S. The van der Waals surface area contributed by atoms with Crippen molar-refractivity contribution < 1.29 is 8.42 Å². The Morgan fingerprint density at radius 3 is 2.65 bits per heavy atom. The Hall–Kier alpha value is -2.74. The van der Waals surface area contributed by atoms with E-state index in [1.165, 1.54) is 6.20 Å². The third-order valence-corrected chi connectivity index (χ3v) is 4.44. The quantitative estimate of drug-likeness (QED) is 0.771. The molecule has 0 radical (unpaired) electrons. The Kier molecular flexibility index (Phi) is 4.07. The Labute approximate surface area is 134 Å². The summed E-state index contributed by atoms with van der Waals surface area (Å²) < 4.78 is 28.8. The van der Waals surface area contributed by atoms with E-state index in [4.69, 9.17) is 0 Å². The molecule has 0 aliphatic rings. The van der Waals surface area contributed by atoms with Gasteiger partial charge in [0, 0.05) is 18.8 Å². The summed E-state index contributed by atoms with van der Waals surface area (Å²) in [5.74, 6) is 0.517. The minimum absolute atomic E-state index is 0.0952. The molecule has 0 bridgehead atoms. The molecule has 2 heterocycles. The number of aromatic nitrogens is 4. The zero-order chi connectivity index (χ0) is 16.3. The first-order valence-electron chi connectivity index (χ1n) is 6.87. The first-order chi connectivity index (χ1) is 11.0. The van der Waals surface area contributed by atoms with Gasteiger partial charge in [-0.25, -0.2) is 8.42 Å². The molecule has 0 saturated carbocycles. The van der Waals surface area contributed by atoms with Crippen LogP contribution in [0.15, 0.2) is 55.1 Å². The summed E-state index contributed by atoms with van der Waals surface area (Å²) in [7, 11) is -1.71. The highest BCUT2D eigenvalue weighted by molar-refractivity contribution is 7.91. The van der Waals surface area contributed by atoms with Gasteiger partial charge in [0.05, 0.1) is 17.6 Å². The lowest BCUT2D eigenvalue weighted by molar-refractivity contribution is 0.600. The topological polar surface area (TPSA) is 89.8 Å². The first kappa shape index (κ1) is 15.2. The molecule has 8 heteroatoms. The SMILES string of the molecule is Cn1cnnc1-c1cncc(NS(=O)(=O)Cc2ccccc2)c1. The van der Waals surface area contributed by atoms with Crippen molar-refractivity contribution in [1.82, 2.24) is 19.7 Å². The molecule has 2 aromatic heterocycles. The third-order valence-electron chi connectivity index (χ3n) is 3.18. The van der Waals surface area contributed by atoms with Crippen molar-refractivity contribution >= 4 is 15.7 Å². The zero-order valence-corrected chi connectivity index (χ0v) is 13.2. The maximum atomic E-state index is 12.3. The second-order valence-corrected chi connectivity index (χ2v) is 6.80. The average molecular weight is 329 g/mol. The van der Waals surface area contributed by atoms with Crippen LogP contribution in [0.3, 0.4) is 0 Å². The standard InChI is InChI=1S/C15H15N5O2S/c1-20-11-17-18-15(20)13-7-14(9-16-8-13)19-23(21,22)10-12-5-3-2-4-6-12/h2-9,11,19H,10H2,1H3. The summed E-state index contributed by atoms with van der Waals surface area (Å²) in [6.45, 7) is 0. The van der Waals surface area contributed by atoms with Crippen LogP contribution in [0.2, 0.25) is 0 Å². The molecule has 0 fully saturated rings. The monoisotopic (exact) mass is 329 g/mol. The Morgan fingerprint density at radius 1 is 1.17 bits per heavy atom. The minimum atomic E-state index is -3.52. The molecule has 1 aromatic carbocycles. The molecule has 0 atom stereocenters. The second-order valence-electron chi connectivity index (χ2n) is 5.07. The van der Waals surface area contributed by atoms with E-state index in [0.717, 1.165) is 5.56 Å². The van der Waals surface area contributed by atoms with Crippen molar-refractivity contribution in [1.29, 1.82) is 0 Å². The fourth-order valence-corrected chi connectivity index (χ4v) is 3.35. The second kappa shape index (κ2) is 6.17. The summed E-state index contributed by atoms with van der Waals surface area (Å²) >= 11 is 0. The Balaban J connectivity index is 1.81. The molecule has 7 nitrogen and oxygen atoms in total. The number of benzene rings is 1. The molecule has 0 aliphatic carbocycles. The van der Waals surface area contributed by atoms with Gasteiger partial charge in [0.2, 0.25) is 10.0 Å². The number of aryl methyl sites for hydroxylation is 1. The number of pyridine rings is 1. The zero-order valence-electron chi connectivity index (χ0n) is 12.4. The van der Waals surface area contributed by atoms with Gasteiger partial charge < -0.3 is 4.57 Å². The van der Waals surface area contributed by atoms with Crippen molar-refractivity contribution in [2.45, 2.75) is 5.75 Å². The van der Waals surface area contributed by atoms with E-state index < -0.39 is 10.0 Å². The van der Waals surface area contributed by atoms with Crippen LogP contribution >= 0.6 is 0 Å². The van der Waals surface area contributed by atoms with Crippen LogP contribution in [-0.4, -0.2) is 28.2 Å². The first-order valence-corrected chi connectivity index (χ1v) is 8.52. The predicted octanol–water partition coefficient (Wildman–Crippen LogP) is 1.82. The molecule has 0 saturated heterocycles. The lowest BCUT2D eigenvalue weighted by atomic mass is 10.2. The van der Waals surface area contributed by atoms with Gasteiger partial charge in [-0.15, -0.1) is 10.2 Å². The summed E-state index contributed by atoms with van der Waals surface area (Å²) in [6, 6.07) is 10.7. The Bertz CT molecular complexity index is 906. The molecule has 0 unspecified atom stereocenters. The molecule has 0 aliphatic heterocycles. The summed E-state index contributed by atoms with van der Waals surface area (Å²) in [5.41, 5.74) is 1.80. The molecule has 3 aromatic rings. The van der Waals surface area contributed by atoms with E-state index in [9.17, 15) is 8.42 Å². The lowest BCUT2D eigenvalue weighted by Gasteiger charge is -2.09. The van der Waals surface area contributed by atoms with Crippen molar-refractivity contribution in [2.24, 2.45) is 7.05 Å². The maximum absolute atomic E-state index is 12.3. The van der Waals surface area contributed by atoms with Crippen LogP contribution in [0.4, 0.5) is 5.69 Å². The van der Waals surface area contributed by atoms with E-state index in [-0.39, 0.29) is 5.75 Å². The van der Waals surface area contributed by atoms with Crippen LogP contribution in [0.25, 0.3) is 11.4 Å². The van der Waals surface area contributed by atoms with E-state index in [1.807, 2.05) is 13.1 Å². The van der Waals surface area contributed by atoms with Crippen LogP contribution in [0, 0.1) is 0 Å². The van der Waals surface area contributed by atoms with Crippen molar-refractivity contribution in [3.63, 3.8) is 0 Å². The Morgan fingerprint density at radius 2 is 1.96 bits per heavy atom. The third kappa shape index (κ3) is 3.72. The van der Waals surface area contributed by atoms with Gasteiger partial charge >= 0.3 is 0 Å². The number of anilines is 1. The van der Waals surface area contributed by atoms with Crippen LogP contribution in [0.5, 0.6) is 0 Å². The number of nitrogens with one attached hydrogen (secondary N) is 1. The minimum Gasteiger partial charge on any atom is -0.317 e. The number of hydrogen-bond acceptors (Lipinski definition) is 5. The van der Waals surface area contributed by atoms with Gasteiger partial charge in [0.25, 0.3) is 0 Å². The van der Waals surface area contributed by atoms with Gasteiger partial charge in [-0.2, -0.15) is 0 Å². The molecule has 23 heavy (non-hydrogen) atoms. The summed E-state index contributed by atoms with van der Waals surface area (Å²) in [5, 5.41) is 7.79. The van der Waals surface area contributed by atoms with Crippen molar-refractivity contribution in [3.05, 3.63) is 60.7 Å². The van der Waals surface area contributed by atoms with E-state index in [1.54, 1.807) is 47.4 Å². The summed E-state index contributed by atoms with van der Waals surface area (Å²) in [6.07, 6.45) is 4.64. The van der Waals surface area contributed by atoms with Gasteiger partial charge in [0.1, 0.15) is 6.33 Å². The van der Waals surface area contributed by atoms with E-state index in [2.05, 4.69) is 19.9 Å². The smallest absolute Gasteiger partial charge is 0.236 e. The van der Waals surface area contributed by atoms with Gasteiger partial charge in [-0.05, 0) is 11.6 Å². The molecular weight excluding hydrogens is 314 g/mol. The highest BCUT2D eigenvalue weighted by Crippen LogP contribution is 2.20. The largest absolute Gasteiger partial charge is 0.317 e. The molecule has 3 rings (SSSR count). The molecule has 1 N–H and O–H groups in total. The predicted molar refractivity (Wildman–Crippen MR) is 86.9 cm³/mol. The molecule has 0 spiro atoms. The van der Waals surface area contributed by atoms with Crippen molar-refractivity contribution in [2.75, 3.05) is 4.72 Å². The van der Waals surface area contributed by atoms with Crippen LogP contribution in [0.1, 0.15) is 5.56 Å². The number of hydrogen-bond donors (Lipinski definition) is 1. The van der Waals surface area contributed by atoms with E-state index in [0.29, 0.717) is 17.1 Å². The number of nitrogens with zero attached hydrogens (tertiary/aromatic N) is 4. The van der Waals surface area contributed by atoms with Crippen LogP contribution in [-0.2, 0) is 22.8 Å². The lowest BCUT2D eigenvalue weighted by Crippen LogP contribution is -2.15. The van der Waals surface area contributed by atoms with Crippen molar-refractivity contribution in [3.8, 4) is 11.4 Å². The normalized spacial score (nSPS) is 11.3. The van der Waals surface area contributed by atoms with Gasteiger partial charge in [0.15, 0.2) is 5.82 Å². The van der Waals surface area contributed by atoms with Gasteiger partial charge in [-0.3, -0.25) is 9.71 Å². The summed E-state index contributed by atoms with van der Waals surface area (Å²) in [4.78, 5) is 4.06. The van der Waals surface area contributed by atoms with Gasteiger partial charge in [-0.1, -0.05) is 30.3 Å². The fourth-order valence-electron chi connectivity index (χ4n) is 2.17. The average Bonchev–Trinajstić information content (AvgIpc) is 2.93. The van der Waals surface area contributed by atoms with Crippen LogP contribution < -0.4 is 4.72 Å². The fraction of sp³-hybridized carbons (Fsp3) is 0.133. The highest BCUT2D eigenvalue weighted by Gasteiger charge is 2.13. The molecule has 118 valence electrons.